The van der Waals surface area contributed by atoms with Gasteiger partial charge in [0.25, 0.3) is 0 Å². The zero-order valence-electron chi connectivity index (χ0n) is 30.3. The highest BCUT2D eigenvalue weighted by Gasteiger charge is 2.40. The molecule has 276 valence electrons. The normalized spacial score (nSPS) is 21.6. The minimum absolute atomic E-state index is 0.0156. The molecule has 0 radical (unpaired) electrons. The molecule has 53 heavy (non-hydrogen) atoms. The Kier molecular flexibility index (Phi) is 9.48. The number of hydrogen-bond donors (Lipinski definition) is 5. The maximum Gasteiger partial charge on any atom is 0.204 e. The number of methoxy groups -OCH3 is 1. The van der Waals surface area contributed by atoms with Crippen molar-refractivity contribution in [1.82, 2.24) is 10.3 Å². The number of ether oxygens (including phenoxy) is 3. The number of hydrogen-bond acceptors (Lipinski definition) is 9. The van der Waals surface area contributed by atoms with Gasteiger partial charge in [0.15, 0.2) is 17.3 Å². The Morgan fingerprint density at radius 1 is 1.04 bits per heavy atom. The van der Waals surface area contributed by atoms with Crippen molar-refractivity contribution in [3.63, 3.8) is 0 Å². The molecule has 10 heteroatoms. The van der Waals surface area contributed by atoms with Gasteiger partial charge in [0, 0.05) is 49.3 Å². The standard InChI is InChI=1S/C43H47N3O7/c1-43(15-3-4-16-43)35-23-32-28-8-5-7-26(21-28)22-29(9-12-30-25-46(18-17-44-30)42(32)45-35)36-38(50)41(51-2)40(52-20-6-19-47)37-33(49)24-34(53-39(36)37)27-10-13-31(48)14-11-27/h5,7-8,10-11,13-14,21,23,29-30,34,44-45,47-48,50H,3-4,6,15-20,22,24-25H2,1-2H3/t29-,30+,34?/m1/s1. The van der Waals surface area contributed by atoms with Crippen LogP contribution in [0.3, 0.4) is 0 Å². The van der Waals surface area contributed by atoms with Crippen LogP contribution in [0.4, 0.5) is 5.82 Å². The number of aromatic hydroxyl groups is 2. The maximum absolute atomic E-state index is 14.2. The van der Waals surface area contributed by atoms with Crippen LogP contribution < -0.4 is 24.4 Å². The molecule has 8 rings (SSSR count). The fraction of sp³-hybridized carbons (Fsp3) is 0.419. The van der Waals surface area contributed by atoms with Crippen LogP contribution in [0.25, 0.3) is 11.1 Å². The lowest BCUT2D eigenvalue weighted by molar-refractivity contribution is 0.0836. The van der Waals surface area contributed by atoms with Gasteiger partial charge in [0.1, 0.15) is 29.0 Å². The molecular weight excluding hydrogens is 670 g/mol. The Labute approximate surface area is 310 Å². The number of aliphatic hydroxyl groups is 1. The highest BCUT2D eigenvalue weighted by atomic mass is 16.5. The van der Waals surface area contributed by atoms with Gasteiger partial charge in [-0.1, -0.05) is 68.0 Å². The molecular formula is C43H47N3O7. The van der Waals surface area contributed by atoms with E-state index in [0.717, 1.165) is 30.0 Å². The van der Waals surface area contributed by atoms with Crippen LogP contribution in [0.15, 0.2) is 54.6 Å². The van der Waals surface area contributed by atoms with E-state index in [4.69, 9.17) is 14.2 Å². The first-order valence-electron chi connectivity index (χ1n) is 18.8. The Hall–Kier alpha value is -5.11. The van der Waals surface area contributed by atoms with Crippen LogP contribution in [0.5, 0.6) is 28.7 Å². The van der Waals surface area contributed by atoms with E-state index in [2.05, 4.69) is 64.3 Å². The molecule has 4 aromatic rings. The number of nitrogens with zero attached hydrogens (tertiary/aromatic N) is 1. The topological polar surface area (TPSA) is 137 Å². The van der Waals surface area contributed by atoms with Crippen molar-refractivity contribution in [1.29, 1.82) is 0 Å². The van der Waals surface area contributed by atoms with Gasteiger partial charge in [0.2, 0.25) is 5.75 Å². The molecule has 0 spiro atoms. The van der Waals surface area contributed by atoms with Crippen LogP contribution in [0, 0.1) is 11.8 Å². The number of phenols is 2. The summed E-state index contributed by atoms with van der Waals surface area (Å²) in [5.41, 5.74) is 5.98. The van der Waals surface area contributed by atoms with E-state index >= 15 is 0 Å². The maximum atomic E-state index is 14.2. The summed E-state index contributed by atoms with van der Waals surface area (Å²) >= 11 is 0. The van der Waals surface area contributed by atoms with E-state index in [1.165, 1.54) is 44.1 Å². The summed E-state index contributed by atoms with van der Waals surface area (Å²) in [5.74, 6) is 7.58. The summed E-state index contributed by atoms with van der Waals surface area (Å²) in [5, 5.41) is 35.2. The van der Waals surface area contributed by atoms with Crippen molar-refractivity contribution in [2.75, 3.05) is 44.9 Å². The van der Waals surface area contributed by atoms with Crippen molar-refractivity contribution < 1.29 is 34.3 Å². The Balaban J connectivity index is 1.28. The molecule has 1 aromatic heterocycles. The molecule has 10 nitrogen and oxygen atoms in total. The highest BCUT2D eigenvalue weighted by molar-refractivity contribution is 6.05. The molecule has 3 aliphatic heterocycles. The van der Waals surface area contributed by atoms with Gasteiger partial charge in [0.05, 0.1) is 37.7 Å². The van der Waals surface area contributed by atoms with Gasteiger partial charge in [-0.25, -0.2) is 0 Å². The van der Waals surface area contributed by atoms with Crippen LogP contribution >= 0.6 is 0 Å². The number of phenolic OH excluding ortho intramolecular Hbond substituents is 2. The number of Topliss-reactive ketones (excluding diaryl/α,β-unsaturated/α-hetero) is 1. The molecule has 3 aromatic carbocycles. The summed E-state index contributed by atoms with van der Waals surface area (Å²) in [6.45, 7) is 4.65. The second-order valence-corrected chi connectivity index (χ2v) is 15.0. The molecule has 4 bridgehead atoms. The molecule has 3 atom stereocenters. The van der Waals surface area contributed by atoms with Gasteiger partial charge >= 0.3 is 0 Å². The number of aromatic amines is 1. The average molecular weight is 718 g/mol. The average Bonchev–Trinajstić information content (AvgIpc) is 3.82. The van der Waals surface area contributed by atoms with Crippen LogP contribution in [0.1, 0.15) is 90.2 Å². The van der Waals surface area contributed by atoms with Gasteiger partial charge in [-0.2, -0.15) is 0 Å². The number of anilines is 1. The van der Waals surface area contributed by atoms with E-state index in [9.17, 15) is 20.1 Å². The number of ketones is 1. The van der Waals surface area contributed by atoms with Crippen LogP contribution in [0.2, 0.25) is 0 Å². The van der Waals surface area contributed by atoms with Gasteiger partial charge in [-0.3, -0.25) is 4.79 Å². The first-order chi connectivity index (χ1) is 25.8. The Morgan fingerprint density at radius 3 is 2.62 bits per heavy atom. The molecule has 0 amide bonds. The van der Waals surface area contributed by atoms with E-state index in [-0.39, 0.29) is 71.2 Å². The van der Waals surface area contributed by atoms with E-state index < -0.39 is 12.0 Å². The molecule has 4 aliphatic rings. The number of fused-ring (bicyclic) bond motifs is 8. The van der Waals surface area contributed by atoms with E-state index in [1.807, 2.05) is 0 Å². The number of carbonyl (C=O) groups is 1. The van der Waals surface area contributed by atoms with Crippen molar-refractivity contribution >= 4 is 11.6 Å². The SMILES string of the molecule is COc1c(O)c([C@@H]2C#C[C@H]3CN(CCN3)c3[nH]c(C4(C)CCCC4)cc3-c3cccc(c3)C2)c2c(c1OCCCO)C(=O)CC(c1ccc(O)cc1)O2. The second-order valence-electron chi connectivity index (χ2n) is 15.0. The fourth-order valence-electron chi connectivity index (χ4n) is 8.52. The number of nitrogens with one attached hydrogen (secondary N) is 2. The minimum atomic E-state index is -0.675. The van der Waals surface area contributed by atoms with Gasteiger partial charge in [-0.15, -0.1) is 0 Å². The lowest BCUT2D eigenvalue weighted by Crippen LogP contribution is -2.50. The molecule has 1 unspecified atom stereocenters. The van der Waals surface area contributed by atoms with Crippen molar-refractivity contribution in [3.05, 3.63) is 82.5 Å². The third-order valence-electron chi connectivity index (χ3n) is 11.4. The lowest BCUT2D eigenvalue weighted by atomic mass is 9.84. The summed E-state index contributed by atoms with van der Waals surface area (Å²) in [6.07, 6.45) is 4.92. The number of benzene rings is 3. The van der Waals surface area contributed by atoms with Gasteiger partial charge < -0.3 is 44.7 Å². The van der Waals surface area contributed by atoms with Crippen molar-refractivity contribution in [2.45, 2.75) is 75.3 Å². The van der Waals surface area contributed by atoms with Crippen molar-refractivity contribution in [3.8, 4) is 51.7 Å². The number of piperazine rings is 1. The zero-order valence-corrected chi connectivity index (χ0v) is 30.3. The van der Waals surface area contributed by atoms with Crippen LogP contribution in [-0.2, 0) is 11.8 Å². The first-order valence-corrected chi connectivity index (χ1v) is 18.8. The highest BCUT2D eigenvalue weighted by Crippen LogP contribution is 2.55. The predicted molar refractivity (Wildman–Crippen MR) is 203 cm³/mol. The summed E-state index contributed by atoms with van der Waals surface area (Å²) in [4.78, 5) is 20.5. The Morgan fingerprint density at radius 2 is 1.85 bits per heavy atom. The molecule has 5 N–H and O–H groups in total. The number of aromatic nitrogens is 1. The van der Waals surface area contributed by atoms with E-state index in [1.54, 1.807) is 24.3 Å². The quantitative estimate of drug-likeness (QED) is 0.102. The summed E-state index contributed by atoms with van der Waals surface area (Å²) < 4.78 is 18.5. The minimum Gasteiger partial charge on any atom is -0.508 e. The number of rotatable bonds is 8. The number of carbonyl (C=O) groups excluding carboxylic acids is 1. The summed E-state index contributed by atoms with van der Waals surface area (Å²) in [6, 6.07) is 17.3. The fourth-order valence-corrected chi connectivity index (χ4v) is 8.52. The van der Waals surface area contributed by atoms with E-state index in [0.29, 0.717) is 30.5 Å². The molecule has 2 fully saturated rings. The largest absolute Gasteiger partial charge is 0.508 e. The number of aliphatic hydroxyl groups excluding tert-OH is 1. The smallest absolute Gasteiger partial charge is 0.204 e. The predicted octanol–water partition coefficient (Wildman–Crippen LogP) is 6.52. The van der Waals surface area contributed by atoms with Crippen LogP contribution in [-0.4, -0.2) is 72.1 Å². The Bertz CT molecular complexity index is 2070. The molecule has 1 saturated heterocycles. The monoisotopic (exact) mass is 717 g/mol. The zero-order chi connectivity index (χ0) is 36.7. The second kappa shape index (κ2) is 14.4. The summed E-state index contributed by atoms with van der Waals surface area (Å²) in [7, 11) is 1.43. The molecule has 1 aliphatic carbocycles. The third-order valence-corrected chi connectivity index (χ3v) is 11.4. The first kappa shape index (κ1) is 34.9. The number of H-pyrrole nitrogens is 1. The van der Waals surface area contributed by atoms with Crippen molar-refractivity contribution in [2.24, 2.45) is 0 Å². The lowest BCUT2D eigenvalue weighted by Gasteiger charge is -2.34. The molecule has 4 heterocycles. The molecule has 1 saturated carbocycles. The van der Waals surface area contributed by atoms with Gasteiger partial charge in [-0.05, 0) is 54.2 Å². The third kappa shape index (κ3) is 6.57.